The van der Waals surface area contributed by atoms with E-state index >= 15 is 0 Å². The molecule has 3 aromatic rings. The molecule has 2 heterocycles. The van der Waals surface area contributed by atoms with Crippen molar-refractivity contribution >= 4 is 34.2 Å². The van der Waals surface area contributed by atoms with Crippen LogP contribution in [0.3, 0.4) is 0 Å². The molecule has 0 radical (unpaired) electrons. The molecule has 1 aromatic heterocycles. The van der Waals surface area contributed by atoms with Gasteiger partial charge in [0.15, 0.2) is 5.78 Å². The SMILES string of the molecule is C[C@H]1CN(C(=O)OC(C)(C)C)CCN1c1ccc2c(c1)C(C)(C)c1[nH]c3cc(N)ccc3c1C2=O. The number of hydrogen-bond acceptors (Lipinski definition) is 5. The van der Waals surface area contributed by atoms with E-state index in [0.717, 1.165) is 39.0 Å². The fraction of sp³-hybridized carbons (Fsp3) is 0.429. The van der Waals surface area contributed by atoms with Crippen molar-refractivity contribution in [1.29, 1.82) is 0 Å². The highest BCUT2D eigenvalue weighted by atomic mass is 16.6. The molecule has 1 atom stereocenters. The summed E-state index contributed by atoms with van der Waals surface area (Å²) >= 11 is 0. The van der Waals surface area contributed by atoms with Crippen LogP contribution in [0, 0.1) is 0 Å². The number of benzene rings is 2. The largest absolute Gasteiger partial charge is 0.444 e. The van der Waals surface area contributed by atoms with Gasteiger partial charge in [-0.15, -0.1) is 0 Å². The van der Waals surface area contributed by atoms with Gasteiger partial charge in [0.1, 0.15) is 5.60 Å². The Balaban J connectivity index is 1.46. The number of ether oxygens (including phenoxy) is 1. The van der Waals surface area contributed by atoms with Crippen LogP contribution in [-0.4, -0.2) is 53.0 Å². The Hall–Kier alpha value is -3.48. The molecule has 184 valence electrons. The number of nitrogen functional groups attached to an aromatic ring is 1. The summed E-state index contributed by atoms with van der Waals surface area (Å²) < 4.78 is 5.57. The first kappa shape index (κ1) is 23.3. The fourth-order valence-corrected chi connectivity index (χ4v) is 5.45. The number of carbonyl (C=O) groups is 2. The maximum atomic E-state index is 13.6. The molecule has 0 saturated carbocycles. The first-order valence-corrected chi connectivity index (χ1v) is 12.2. The van der Waals surface area contributed by atoms with E-state index in [0.29, 0.717) is 25.3 Å². The van der Waals surface area contributed by atoms with Gasteiger partial charge in [-0.3, -0.25) is 4.79 Å². The summed E-state index contributed by atoms with van der Waals surface area (Å²) in [6.07, 6.45) is -0.270. The Labute approximate surface area is 206 Å². The van der Waals surface area contributed by atoms with Gasteiger partial charge in [0.2, 0.25) is 0 Å². The highest BCUT2D eigenvalue weighted by Crippen LogP contribution is 2.45. The molecule has 1 saturated heterocycles. The first-order chi connectivity index (χ1) is 16.4. The summed E-state index contributed by atoms with van der Waals surface area (Å²) in [6.45, 7) is 14.0. The van der Waals surface area contributed by atoms with Gasteiger partial charge in [-0.05, 0) is 63.6 Å². The maximum absolute atomic E-state index is 13.6. The Kier molecular flexibility index (Phi) is 5.16. The number of nitrogens with two attached hydrogens (primary N) is 1. The monoisotopic (exact) mass is 474 g/mol. The fourth-order valence-electron chi connectivity index (χ4n) is 5.45. The number of aromatic amines is 1. The quantitative estimate of drug-likeness (QED) is 0.481. The second-order valence-corrected chi connectivity index (χ2v) is 11.3. The third-order valence-electron chi connectivity index (χ3n) is 7.21. The number of anilines is 2. The van der Waals surface area contributed by atoms with E-state index in [1.807, 2.05) is 51.1 Å². The van der Waals surface area contributed by atoms with Gasteiger partial charge in [-0.2, -0.15) is 0 Å². The molecular weight excluding hydrogens is 440 g/mol. The van der Waals surface area contributed by atoms with Crippen molar-refractivity contribution in [3.05, 3.63) is 58.8 Å². The van der Waals surface area contributed by atoms with Gasteiger partial charge in [0.05, 0.1) is 5.56 Å². The normalized spacial score (nSPS) is 19.5. The number of hydrogen-bond donors (Lipinski definition) is 2. The van der Waals surface area contributed by atoms with Crippen molar-refractivity contribution in [1.82, 2.24) is 9.88 Å². The number of nitrogens with zero attached hydrogens (tertiary/aromatic N) is 2. The Morgan fingerprint density at radius 3 is 2.57 bits per heavy atom. The summed E-state index contributed by atoms with van der Waals surface area (Å²) in [5.74, 6) is 0.0414. The van der Waals surface area contributed by atoms with Crippen LogP contribution in [0.5, 0.6) is 0 Å². The zero-order valence-electron chi connectivity index (χ0n) is 21.4. The molecule has 0 spiro atoms. The molecule has 5 rings (SSSR count). The van der Waals surface area contributed by atoms with Crippen LogP contribution in [0.15, 0.2) is 36.4 Å². The highest BCUT2D eigenvalue weighted by Gasteiger charge is 2.40. The molecule has 2 aromatic carbocycles. The lowest BCUT2D eigenvalue weighted by Crippen LogP contribution is -2.54. The molecule has 2 aliphatic rings. The second kappa shape index (κ2) is 7.77. The topological polar surface area (TPSA) is 91.7 Å². The minimum atomic E-state index is -0.513. The number of H-pyrrole nitrogens is 1. The van der Waals surface area contributed by atoms with Crippen molar-refractivity contribution in [2.45, 2.75) is 58.6 Å². The van der Waals surface area contributed by atoms with Gasteiger partial charge in [0, 0.05) is 64.6 Å². The molecule has 1 amide bonds. The zero-order valence-corrected chi connectivity index (χ0v) is 21.4. The summed E-state index contributed by atoms with van der Waals surface area (Å²) in [4.78, 5) is 33.8. The maximum Gasteiger partial charge on any atom is 0.410 e. The predicted molar refractivity (Wildman–Crippen MR) is 139 cm³/mol. The number of ketones is 1. The number of carbonyl (C=O) groups excluding carboxylic acids is 2. The van der Waals surface area contributed by atoms with Crippen LogP contribution in [0.1, 0.15) is 68.7 Å². The predicted octanol–water partition coefficient (Wildman–Crippen LogP) is 5.07. The van der Waals surface area contributed by atoms with Crippen molar-refractivity contribution < 1.29 is 14.3 Å². The van der Waals surface area contributed by atoms with Gasteiger partial charge in [-0.1, -0.05) is 19.9 Å². The van der Waals surface area contributed by atoms with E-state index in [9.17, 15) is 9.59 Å². The Bertz CT molecular complexity index is 1350. The lowest BCUT2D eigenvalue weighted by molar-refractivity contribution is 0.0218. The first-order valence-electron chi connectivity index (χ1n) is 12.2. The summed E-state index contributed by atoms with van der Waals surface area (Å²) in [5.41, 5.74) is 11.1. The molecule has 3 N–H and O–H groups in total. The van der Waals surface area contributed by atoms with Crippen LogP contribution in [0.4, 0.5) is 16.2 Å². The smallest absolute Gasteiger partial charge is 0.410 e. The van der Waals surface area contributed by atoms with Gasteiger partial charge in [0.25, 0.3) is 0 Å². The lowest BCUT2D eigenvalue weighted by Gasteiger charge is -2.42. The third kappa shape index (κ3) is 3.83. The molecule has 0 unspecified atom stereocenters. The highest BCUT2D eigenvalue weighted by molar-refractivity contribution is 6.20. The van der Waals surface area contributed by atoms with Crippen LogP contribution in [-0.2, 0) is 10.2 Å². The van der Waals surface area contributed by atoms with Gasteiger partial charge < -0.3 is 25.3 Å². The number of aromatic nitrogens is 1. The van der Waals surface area contributed by atoms with E-state index in [1.165, 1.54) is 0 Å². The minimum absolute atomic E-state index is 0.0414. The van der Waals surface area contributed by atoms with Crippen LogP contribution in [0.25, 0.3) is 10.9 Å². The molecule has 7 heteroatoms. The number of amides is 1. The Morgan fingerprint density at radius 2 is 1.89 bits per heavy atom. The number of fused-ring (bicyclic) bond motifs is 4. The molecule has 1 aliphatic heterocycles. The summed E-state index contributed by atoms with van der Waals surface area (Å²) in [5, 5.41) is 0.911. The van der Waals surface area contributed by atoms with Crippen molar-refractivity contribution in [3.63, 3.8) is 0 Å². The van der Waals surface area contributed by atoms with Crippen LogP contribution < -0.4 is 10.6 Å². The average Bonchev–Trinajstić information content (AvgIpc) is 3.16. The molecular formula is C28H34N4O3. The van der Waals surface area contributed by atoms with E-state index in [2.05, 4.69) is 36.7 Å². The molecule has 1 fully saturated rings. The standard InChI is InChI=1S/C28H34N4O3/c1-16-15-31(26(34)35-27(2,3)4)11-12-32(16)18-8-10-19-21(14-18)28(5,6)25-23(24(19)33)20-9-7-17(29)13-22(20)30-25/h7-10,13-14,16,30H,11-12,15,29H2,1-6H3/t16-/m0/s1. The van der Waals surface area contributed by atoms with Gasteiger partial charge >= 0.3 is 6.09 Å². The average molecular weight is 475 g/mol. The second-order valence-electron chi connectivity index (χ2n) is 11.3. The molecule has 1 aliphatic carbocycles. The number of piperazine rings is 1. The van der Waals surface area contributed by atoms with Crippen molar-refractivity contribution in [2.75, 3.05) is 30.3 Å². The molecule has 7 nitrogen and oxygen atoms in total. The van der Waals surface area contributed by atoms with Crippen molar-refractivity contribution in [2.24, 2.45) is 0 Å². The molecule has 35 heavy (non-hydrogen) atoms. The van der Waals surface area contributed by atoms with Gasteiger partial charge in [-0.25, -0.2) is 4.79 Å². The molecule has 0 bridgehead atoms. The Morgan fingerprint density at radius 1 is 1.14 bits per heavy atom. The number of nitrogens with one attached hydrogen (secondary N) is 1. The van der Waals surface area contributed by atoms with Crippen LogP contribution in [0.2, 0.25) is 0 Å². The van der Waals surface area contributed by atoms with E-state index in [1.54, 1.807) is 4.90 Å². The lowest BCUT2D eigenvalue weighted by atomic mass is 9.71. The summed E-state index contributed by atoms with van der Waals surface area (Å²) in [7, 11) is 0. The minimum Gasteiger partial charge on any atom is -0.444 e. The number of rotatable bonds is 1. The van der Waals surface area contributed by atoms with E-state index in [-0.39, 0.29) is 23.3 Å². The summed E-state index contributed by atoms with van der Waals surface area (Å²) in [6, 6.07) is 11.9. The third-order valence-corrected chi connectivity index (χ3v) is 7.21. The van der Waals surface area contributed by atoms with E-state index < -0.39 is 5.60 Å². The van der Waals surface area contributed by atoms with Crippen molar-refractivity contribution in [3.8, 4) is 0 Å². The van der Waals surface area contributed by atoms with E-state index in [4.69, 9.17) is 10.5 Å². The van der Waals surface area contributed by atoms with Crippen LogP contribution >= 0.6 is 0 Å². The zero-order chi connectivity index (χ0) is 25.3.